The number of carbonyl (C=O) groups is 2. The Bertz CT molecular complexity index is 993. The summed E-state index contributed by atoms with van der Waals surface area (Å²) < 4.78 is 0. The minimum Gasteiger partial charge on any atom is -0.380 e. The van der Waals surface area contributed by atoms with Gasteiger partial charge in [0.2, 0.25) is 0 Å². The van der Waals surface area contributed by atoms with Gasteiger partial charge in [0.15, 0.2) is 5.78 Å². The van der Waals surface area contributed by atoms with Crippen LogP contribution in [0, 0.1) is 51.8 Å². The Hall–Kier alpha value is -1.22. The Morgan fingerprint density at radius 1 is 1.03 bits per heavy atom. The SMILES string of the molecule is C=CC12C[C@@]3(C)C(=CC[C@H]4[C@@H]5CC[C@H]([C@H](C)CCCC(C)C)[C@@]5(C)CC[C@@H]43)CC1(O)C(=O)CCCCC2=O. The van der Waals surface area contributed by atoms with Crippen LogP contribution in [0.5, 0.6) is 0 Å². The first-order valence-electron chi connectivity index (χ1n) is 16.0. The molecule has 5 rings (SSSR count). The van der Waals surface area contributed by atoms with Crippen LogP contribution in [0.1, 0.15) is 125 Å². The molecule has 0 spiro atoms. The first-order valence-corrected chi connectivity index (χ1v) is 16.0. The van der Waals surface area contributed by atoms with Crippen molar-refractivity contribution in [2.45, 2.75) is 130 Å². The van der Waals surface area contributed by atoms with Gasteiger partial charge in [-0.05, 0) is 97.7 Å². The lowest BCUT2D eigenvalue weighted by Gasteiger charge is -2.62. The van der Waals surface area contributed by atoms with Crippen molar-refractivity contribution in [2.75, 3.05) is 0 Å². The Kier molecular flexibility index (Phi) is 7.45. The molecule has 38 heavy (non-hydrogen) atoms. The average molecular weight is 523 g/mol. The number of fused-ring (bicyclic) bond motifs is 6. The Labute approximate surface area is 232 Å². The highest BCUT2D eigenvalue weighted by Gasteiger charge is 2.68. The maximum atomic E-state index is 13.8. The zero-order valence-electron chi connectivity index (χ0n) is 25.0. The molecule has 0 aromatic rings. The number of carbonyl (C=O) groups excluding carboxylic acids is 2. The van der Waals surface area contributed by atoms with E-state index in [1.165, 1.54) is 50.5 Å². The predicted molar refractivity (Wildman–Crippen MR) is 154 cm³/mol. The van der Waals surface area contributed by atoms with Gasteiger partial charge in [-0.1, -0.05) is 71.6 Å². The summed E-state index contributed by atoms with van der Waals surface area (Å²) in [4.78, 5) is 27.2. The molecule has 0 aromatic carbocycles. The molecule has 3 heteroatoms. The van der Waals surface area contributed by atoms with Gasteiger partial charge in [0.05, 0.1) is 5.41 Å². The van der Waals surface area contributed by atoms with Gasteiger partial charge >= 0.3 is 0 Å². The molecule has 3 nitrogen and oxygen atoms in total. The van der Waals surface area contributed by atoms with Crippen LogP contribution >= 0.6 is 0 Å². The molecule has 4 fully saturated rings. The molecule has 4 saturated carbocycles. The van der Waals surface area contributed by atoms with E-state index in [-0.39, 0.29) is 17.0 Å². The fraction of sp³-hybridized carbons (Fsp3) is 0.829. The summed E-state index contributed by atoms with van der Waals surface area (Å²) in [6, 6.07) is 0. The summed E-state index contributed by atoms with van der Waals surface area (Å²) in [5.74, 6) is 4.20. The number of ketones is 2. The molecule has 0 aliphatic heterocycles. The molecule has 1 N–H and O–H groups in total. The molecule has 212 valence electrons. The van der Waals surface area contributed by atoms with Gasteiger partial charge in [-0.25, -0.2) is 0 Å². The second-order valence-corrected chi connectivity index (χ2v) is 15.2. The minimum absolute atomic E-state index is 0.0437. The Morgan fingerprint density at radius 3 is 2.42 bits per heavy atom. The number of allylic oxidation sites excluding steroid dienone is 1. The fourth-order valence-corrected chi connectivity index (χ4v) is 10.9. The average Bonchev–Trinajstić information content (AvgIpc) is 3.22. The molecular formula is C35H54O3. The maximum absolute atomic E-state index is 13.8. The van der Waals surface area contributed by atoms with Crippen molar-refractivity contribution < 1.29 is 14.7 Å². The summed E-state index contributed by atoms with van der Waals surface area (Å²) in [6.45, 7) is 16.3. The van der Waals surface area contributed by atoms with Gasteiger partial charge in [0, 0.05) is 19.3 Å². The maximum Gasteiger partial charge on any atom is 0.166 e. The van der Waals surface area contributed by atoms with Crippen molar-refractivity contribution in [3.05, 3.63) is 24.3 Å². The van der Waals surface area contributed by atoms with Gasteiger partial charge in [-0.2, -0.15) is 0 Å². The third kappa shape index (κ3) is 4.07. The van der Waals surface area contributed by atoms with Crippen LogP contribution in [-0.4, -0.2) is 22.3 Å². The third-order valence-corrected chi connectivity index (χ3v) is 13.0. The van der Waals surface area contributed by atoms with E-state index >= 15 is 0 Å². The molecule has 0 aromatic heterocycles. The number of hydrogen-bond acceptors (Lipinski definition) is 3. The normalized spacial score (nSPS) is 45.7. The lowest BCUT2D eigenvalue weighted by atomic mass is 9.41. The molecule has 2 unspecified atom stereocenters. The smallest absolute Gasteiger partial charge is 0.166 e. The van der Waals surface area contributed by atoms with Crippen LogP contribution in [0.4, 0.5) is 0 Å². The predicted octanol–water partition coefficient (Wildman–Crippen LogP) is 8.25. The van der Waals surface area contributed by atoms with Crippen molar-refractivity contribution in [1.29, 1.82) is 0 Å². The van der Waals surface area contributed by atoms with Crippen LogP contribution in [0.3, 0.4) is 0 Å². The summed E-state index contributed by atoms with van der Waals surface area (Å²) in [5, 5.41) is 12.0. The van der Waals surface area contributed by atoms with Gasteiger partial charge in [0.25, 0.3) is 0 Å². The summed E-state index contributed by atoms with van der Waals surface area (Å²) in [7, 11) is 0. The molecule has 0 saturated heterocycles. The van der Waals surface area contributed by atoms with Gasteiger partial charge in [-0.15, -0.1) is 6.58 Å². The molecule has 0 bridgehead atoms. The van der Waals surface area contributed by atoms with Crippen LogP contribution in [-0.2, 0) is 9.59 Å². The first kappa shape index (κ1) is 28.3. The molecule has 9 atom stereocenters. The van der Waals surface area contributed by atoms with E-state index in [9.17, 15) is 14.7 Å². The van der Waals surface area contributed by atoms with E-state index in [0.29, 0.717) is 49.4 Å². The van der Waals surface area contributed by atoms with Crippen molar-refractivity contribution in [3.63, 3.8) is 0 Å². The second kappa shape index (κ2) is 10.0. The van der Waals surface area contributed by atoms with E-state index in [2.05, 4.69) is 47.3 Å². The highest BCUT2D eigenvalue weighted by Crippen LogP contribution is 2.70. The Morgan fingerprint density at radius 2 is 1.74 bits per heavy atom. The summed E-state index contributed by atoms with van der Waals surface area (Å²) >= 11 is 0. The Balaban J connectivity index is 1.44. The van der Waals surface area contributed by atoms with Crippen LogP contribution < -0.4 is 0 Å². The fourth-order valence-electron chi connectivity index (χ4n) is 10.9. The zero-order valence-corrected chi connectivity index (χ0v) is 25.0. The van der Waals surface area contributed by atoms with Crippen molar-refractivity contribution in [1.82, 2.24) is 0 Å². The molecule has 5 aliphatic carbocycles. The van der Waals surface area contributed by atoms with E-state index in [1.807, 2.05) is 0 Å². The lowest BCUT2D eigenvalue weighted by molar-refractivity contribution is -0.174. The van der Waals surface area contributed by atoms with Crippen LogP contribution in [0.2, 0.25) is 0 Å². The largest absolute Gasteiger partial charge is 0.380 e. The quantitative estimate of drug-likeness (QED) is 0.357. The van der Waals surface area contributed by atoms with Crippen molar-refractivity contribution in [3.8, 4) is 0 Å². The molecule has 0 radical (unpaired) electrons. The first-order chi connectivity index (χ1) is 17.9. The lowest BCUT2D eigenvalue weighted by Crippen LogP contribution is -2.65. The number of rotatable bonds is 6. The number of aliphatic hydroxyl groups is 1. The minimum atomic E-state index is -1.63. The topological polar surface area (TPSA) is 54.4 Å². The van der Waals surface area contributed by atoms with Gasteiger partial charge < -0.3 is 5.11 Å². The molecule has 5 aliphatic rings. The second-order valence-electron chi connectivity index (χ2n) is 15.2. The highest BCUT2D eigenvalue weighted by atomic mass is 16.3. The van der Waals surface area contributed by atoms with Crippen LogP contribution in [0.25, 0.3) is 0 Å². The van der Waals surface area contributed by atoms with Gasteiger partial charge in [0.1, 0.15) is 11.4 Å². The monoisotopic (exact) mass is 522 g/mol. The third-order valence-electron chi connectivity index (χ3n) is 13.0. The zero-order chi connectivity index (χ0) is 27.5. The van der Waals surface area contributed by atoms with E-state index in [0.717, 1.165) is 36.5 Å². The van der Waals surface area contributed by atoms with Crippen molar-refractivity contribution in [2.24, 2.45) is 51.8 Å². The van der Waals surface area contributed by atoms with Crippen molar-refractivity contribution >= 4 is 11.6 Å². The van der Waals surface area contributed by atoms with E-state index in [4.69, 9.17) is 0 Å². The number of hydrogen-bond donors (Lipinski definition) is 1. The molecule has 0 amide bonds. The summed E-state index contributed by atoms with van der Waals surface area (Å²) in [5.41, 5.74) is -1.26. The standard InChI is InChI=1S/C35H54O3/c1-7-34-22-33(6)25(21-35(34,38)31(37)14-9-8-13-30(34)36)15-16-26-28-18-17-27(24(4)12-10-11-23(2)3)32(28,5)20-19-29(26)33/h7,15,23-24,26-29,38H,1,8-14,16-22H2,2-6H3/t24-,26+,27-,28+,29+,32-,33+,34?,35?/m1/s1. The highest BCUT2D eigenvalue weighted by molar-refractivity contribution is 6.00. The van der Waals surface area contributed by atoms with E-state index in [1.54, 1.807) is 6.08 Å². The van der Waals surface area contributed by atoms with E-state index < -0.39 is 11.0 Å². The number of Topliss-reactive ketones (excluding diaryl/α,β-unsaturated/α-hetero) is 2. The molecular weight excluding hydrogens is 468 g/mol. The van der Waals surface area contributed by atoms with Crippen LogP contribution in [0.15, 0.2) is 24.3 Å². The summed E-state index contributed by atoms with van der Waals surface area (Å²) in [6.07, 6.45) is 17.5. The van der Waals surface area contributed by atoms with Gasteiger partial charge in [-0.3, -0.25) is 9.59 Å². The molecule has 0 heterocycles.